The van der Waals surface area contributed by atoms with Crippen LogP contribution in [0.15, 0.2) is 29.2 Å². The smallest absolute Gasteiger partial charge is 0.253 e. The molecule has 1 amide bonds. The summed E-state index contributed by atoms with van der Waals surface area (Å²) < 4.78 is 23.6. The van der Waals surface area contributed by atoms with E-state index in [1.807, 2.05) is 6.92 Å². The topological polar surface area (TPSA) is 66.5 Å². The first-order valence-electron chi connectivity index (χ1n) is 7.01. The van der Waals surface area contributed by atoms with Crippen molar-refractivity contribution < 1.29 is 13.2 Å². The number of hydrogen-bond donors (Lipinski definition) is 1. The molecule has 1 aromatic rings. The van der Waals surface area contributed by atoms with Crippen molar-refractivity contribution in [2.24, 2.45) is 0 Å². The maximum absolute atomic E-state index is 12.5. The summed E-state index contributed by atoms with van der Waals surface area (Å²) in [4.78, 5) is 14.8. The van der Waals surface area contributed by atoms with E-state index < -0.39 is 9.84 Å². The zero-order valence-corrected chi connectivity index (χ0v) is 13.5. The summed E-state index contributed by atoms with van der Waals surface area (Å²) in [5.74, 6) is -0.317. The highest BCUT2D eigenvalue weighted by Crippen LogP contribution is 2.23. The molecular weight excluding hydrogens is 288 g/mol. The Morgan fingerprint density at radius 3 is 2.38 bits per heavy atom. The van der Waals surface area contributed by atoms with Crippen molar-refractivity contribution >= 4 is 15.7 Å². The molecule has 0 aromatic heterocycles. The fraction of sp³-hybridized carbons (Fsp3) is 0.533. The SMILES string of the molecule is CN1CCC(C)(NC(=O)c2ccccc2S(C)(=O)=O)CC1. The molecule has 0 bridgehead atoms. The summed E-state index contributed by atoms with van der Waals surface area (Å²) in [5.41, 5.74) is -0.0612. The van der Waals surface area contributed by atoms with Crippen molar-refractivity contribution in [2.45, 2.75) is 30.2 Å². The van der Waals surface area contributed by atoms with Gasteiger partial charge in [-0.2, -0.15) is 0 Å². The molecule has 0 unspecified atom stereocenters. The first kappa shape index (κ1) is 16.0. The van der Waals surface area contributed by atoms with Gasteiger partial charge in [0.2, 0.25) is 0 Å². The largest absolute Gasteiger partial charge is 0.347 e. The highest BCUT2D eigenvalue weighted by molar-refractivity contribution is 7.90. The van der Waals surface area contributed by atoms with Gasteiger partial charge in [-0.25, -0.2) is 8.42 Å². The highest BCUT2D eigenvalue weighted by Gasteiger charge is 2.31. The van der Waals surface area contributed by atoms with Crippen molar-refractivity contribution in [1.82, 2.24) is 10.2 Å². The van der Waals surface area contributed by atoms with E-state index >= 15 is 0 Å². The maximum atomic E-state index is 12.5. The van der Waals surface area contributed by atoms with Crippen molar-refractivity contribution in [3.8, 4) is 0 Å². The van der Waals surface area contributed by atoms with E-state index in [1.165, 1.54) is 6.07 Å². The Hall–Kier alpha value is -1.40. The van der Waals surface area contributed by atoms with Crippen LogP contribution in [0.3, 0.4) is 0 Å². The molecule has 2 rings (SSSR count). The molecule has 116 valence electrons. The molecule has 1 N–H and O–H groups in total. The second-order valence-electron chi connectivity index (χ2n) is 6.09. The number of likely N-dealkylation sites (tertiary alicyclic amines) is 1. The second-order valence-corrected chi connectivity index (χ2v) is 8.07. The Morgan fingerprint density at radius 1 is 1.24 bits per heavy atom. The molecule has 1 aliphatic rings. The molecule has 0 aliphatic carbocycles. The van der Waals surface area contributed by atoms with Crippen LogP contribution >= 0.6 is 0 Å². The lowest BCUT2D eigenvalue weighted by atomic mass is 9.89. The number of nitrogens with zero attached hydrogens (tertiary/aromatic N) is 1. The van der Waals surface area contributed by atoms with E-state index in [1.54, 1.807) is 18.2 Å². The van der Waals surface area contributed by atoms with Gasteiger partial charge in [0.05, 0.1) is 10.5 Å². The first-order chi connectivity index (χ1) is 9.71. The molecule has 5 nitrogen and oxygen atoms in total. The van der Waals surface area contributed by atoms with Crippen LogP contribution in [0.5, 0.6) is 0 Å². The molecule has 1 fully saturated rings. The molecule has 0 saturated carbocycles. The zero-order valence-electron chi connectivity index (χ0n) is 12.7. The van der Waals surface area contributed by atoms with Crippen LogP contribution in [0.25, 0.3) is 0 Å². The number of hydrogen-bond acceptors (Lipinski definition) is 4. The van der Waals surface area contributed by atoms with E-state index in [0.717, 1.165) is 32.2 Å². The van der Waals surface area contributed by atoms with Crippen molar-refractivity contribution in [2.75, 3.05) is 26.4 Å². The summed E-state index contributed by atoms with van der Waals surface area (Å²) in [7, 11) is -1.36. The van der Waals surface area contributed by atoms with Crippen LogP contribution in [0.1, 0.15) is 30.1 Å². The Labute approximate surface area is 126 Å². The minimum absolute atomic E-state index is 0.0824. The van der Waals surface area contributed by atoms with E-state index in [0.29, 0.717) is 0 Å². The number of amides is 1. The molecule has 1 aromatic carbocycles. The lowest BCUT2D eigenvalue weighted by molar-refractivity contribution is 0.0848. The van der Waals surface area contributed by atoms with Gasteiger partial charge in [-0.15, -0.1) is 0 Å². The Morgan fingerprint density at radius 2 is 1.81 bits per heavy atom. The van der Waals surface area contributed by atoms with Gasteiger partial charge in [0.15, 0.2) is 9.84 Å². The number of sulfone groups is 1. The van der Waals surface area contributed by atoms with E-state index in [2.05, 4.69) is 17.3 Å². The number of rotatable bonds is 3. The molecule has 1 heterocycles. The predicted molar refractivity (Wildman–Crippen MR) is 82.2 cm³/mol. The number of carbonyl (C=O) groups excluding carboxylic acids is 1. The molecule has 0 spiro atoms. The average Bonchev–Trinajstić information content (AvgIpc) is 2.41. The fourth-order valence-corrected chi connectivity index (χ4v) is 3.44. The third-order valence-corrected chi connectivity index (χ3v) is 5.19. The summed E-state index contributed by atoms with van der Waals surface area (Å²) in [5, 5.41) is 3.01. The monoisotopic (exact) mass is 310 g/mol. The third kappa shape index (κ3) is 3.83. The van der Waals surface area contributed by atoms with Gasteiger partial charge in [0, 0.05) is 24.9 Å². The predicted octanol–water partition coefficient (Wildman–Crippen LogP) is 1.30. The van der Waals surface area contributed by atoms with Gasteiger partial charge < -0.3 is 10.2 Å². The van der Waals surface area contributed by atoms with Gasteiger partial charge in [-0.1, -0.05) is 12.1 Å². The minimum Gasteiger partial charge on any atom is -0.347 e. The summed E-state index contributed by atoms with van der Waals surface area (Å²) in [6.45, 7) is 3.86. The van der Waals surface area contributed by atoms with Crippen LogP contribution in [0.4, 0.5) is 0 Å². The molecule has 21 heavy (non-hydrogen) atoms. The van der Waals surface area contributed by atoms with Crippen LogP contribution in [-0.4, -0.2) is 51.2 Å². The van der Waals surface area contributed by atoms with Gasteiger partial charge in [0.25, 0.3) is 5.91 Å². The van der Waals surface area contributed by atoms with Crippen LogP contribution in [0.2, 0.25) is 0 Å². The van der Waals surface area contributed by atoms with Gasteiger partial charge >= 0.3 is 0 Å². The number of piperidine rings is 1. The lowest BCUT2D eigenvalue weighted by Gasteiger charge is -2.38. The average molecular weight is 310 g/mol. The van der Waals surface area contributed by atoms with Crippen molar-refractivity contribution in [1.29, 1.82) is 0 Å². The molecule has 1 aliphatic heterocycles. The van der Waals surface area contributed by atoms with Crippen LogP contribution in [-0.2, 0) is 9.84 Å². The van der Waals surface area contributed by atoms with Crippen molar-refractivity contribution in [3.63, 3.8) is 0 Å². The van der Waals surface area contributed by atoms with Crippen LogP contribution < -0.4 is 5.32 Å². The van der Waals surface area contributed by atoms with E-state index in [9.17, 15) is 13.2 Å². The normalized spacial score (nSPS) is 19.2. The Bertz CT molecular complexity index is 632. The first-order valence-corrected chi connectivity index (χ1v) is 8.91. The Balaban J connectivity index is 2.22. The fourth-order valence-electron chi connectivity index (χ4n) is 2.56. The van der Waals surface area contributed by atoms with Gasteiger partial charge in [-0.3, -0.25) is 4.79 Å². The standard InChI is InChI=1S/C15H22N2O3S/c1-15(8-10-17(2)11-9-15)16-14(18)12-6-4-5-7-13(12)21(3,19)20/h4-7H,8-11H2,1-3H3,(H,16,18). The molecular formula is C15H22N2O3S. The van der Waals surface area contributed by atoms with E-state index in [-0.39, 0.29) is 21.9 Å². The van der Waals surface area contributed by atoms with Crippen LogP contribution in [0, 0.1) is 0 Å². The number of nitrogens with one attached hydrogen (secondary N) is 1. The summed E-state index contributed by atoms with van der Waals surface area (Å²) in [6, 6.07) is 6.34. The highest BCUT2D eigenvalue weighted by atomic mass is 32.2. The Kier molecular flexibility index (Phi) is 4.39. The van der Waals surface area contributed by atoms with E-state index in [4.69, 9.17) is 0 Å². The quantitative estimate of drug-likeness (QED) is 0.914. The number of carbonyl (C=O) groups is 1. The zero-order chi connectivity index (χ0) is 15.7. The molecule has 1 saturated heterocycles. The molecule has 6 heteroatoms. The molecule has 0 atom stereocenters. The van der Waals surface area contributed by atoms with Gasteiger partial charge in [-0.05, 0) is 38.9 Å². The lowest BCUT2D eigenvalue weighted by Crippen LogP contribution is -2.52. The summed E-state index contributed by atoms with van der Waals surface area (Å²) >= 11 is 0. The second kappa shape index (κ2) is 5.77. The van der Waals surface area contributed by atoms with Crippen molar-refractivity contribution in [3.05, 3.63) is 29.8 Å². The summed E-state index contributed by atoms with van der Waals surface area (Å²) in [6.07, 6.45) is 2.84. The third-order valence-electron chi connectivity index (χ3n) is 4.04. The molecule has 0 radical (unpaired) electrons. The van der Waals surface area contributed by atoms with Gasteiger partial charge in [0.1, 0.15) is 0 Å². The maximum Gasteiger partial charge on any atom is 0.253 e. The number of benzene rings is 1. The minimum atomic E-state index is -3.42.